The first-order chi connectivity index (χ1) is 6.16. The zero-order valence-electron chi connectivity index (χ0n) is 6.69. The molecule has 0 radical (unpaired) electrons. The fourth-order valence-corrected chi connectivity index (χ4v) is 1.76. The van der Waals surface area contributed by atoms with Crippen molar-refractivity contribution in [2.45, 2.75) is 12.2 Å². The molecule has 0 bridgehead atoms. The Hall–Kier alpha value is 0.0300. The molecule has 5 heteroatoms. The molecule has 3 nitrogen and oxygen atoms in total. The predicted octanol–water partition coefficient (Wildman–Crippen LogP) is 1.63. The lowest BCUT2D eigenvalue weighted by atomic mass is 10.1. The van der Waals surface area contributed by atoms with Crippen LogP contribution in [0.4, 0.5) is 0 Å². The Balaban J connectivity index is 2.88. The summed E-state index contributed by atoms with van der Waals surface area (Å²) in [5.41, 5.74) is 0.641. The average Bonchev–Trinajstić information content (AvgIpc) is 2.16. The molecule has 0 saturated heterocycles. The zero-order chi connectivity index (χ0) is 9.84. The third-order valence-corrected chi connectivity index (χ3v) is 2.97. The van der Waals surface area contributed by atoms with E-state index in [-0.39, 0.29) is 0 Å². The summed E-state index contributed by atoms with van der Waals surface area (Å²) in [5.74, 6) is 0. The van der Waals surface area contributed by atoms with Crippen LogP contribution in [-0.4, -0.2) is 26.6 Å². The van der Waals surface area contributed by atoms with Crippen molar-refractivity contribution in [2.24, 2.45) is 0 Å². The van der Waals surface area contributed by atoms with E-state index in [1.165, 1.54) is 0 Å². The van der Waals surface area contributed by atoms with Gasteiger partial charge in [0.15, 0.2) is 0 Å². The number of alkyl halides is 1. The molecule has 0 aromatic carbocycles. The molecule has 0 fully saturated rings. The zero-order valence-corrected chi connectivity index (χ0v) is 9.86. The molecule has 1 rings (SSSR count). The number of aliphatic hydroxyl groups excluding tert-OH is 2. The smallest absolute Gasteiger partial charge is 0.107 e. The highest BCUT2D eigenvalue weighted by Crippen LogP contribution is 2.24. The van der Waals surface area contributed by atoms with Crippen LogP contribution in [0.5, 0.6) is 0 Å². The van der Waals surface area contributed by atoms with Crippen LogP contribution in [0, 0.1) is 0 Å². The molecule has 0 aliphatic heterocycles. The molecule has 0 aliphatic rings. The van der Waals surface area contributed by atoms with Gasteiger partial charge in [0.05, 0.1) is 6.10 Å². The molecule has 13 heavy (non-hydrogen) atoms. The number of hydrogen-bond acceptors (Lipinski definition) is 3. The van der Waals surface area contributed by atoms with E-state index < -0.39 is 12.2 Å². The lowest BCUT2D eigenvalue weighted by Crippen LogP contribution is -2.19. The lowest BCUT2D eigenvalue weighted by molar-refractivity contribution is 0.0338. The van der Waals surface area contributed by atoms with E-state index in [9.17, 15) is 10.2 Å². The Labute approximate surface area is 93.1 Å². The van der Waals surface area contributed by atoms with Crippen LogP contribution in [0.25, 0.3) is 0 Å². The lowest BCUT2D eigenvalue weighted by Gasteiger charge is -2.16. The minimum absolute atomic E-state index is 0.336. The van der Waals surface area contributed by atoms with Gasteiger partial charge in [-0.15, -0.1) is 0 Å². The Kier molecular flexibility index (Phi) is 4.31. The maximum atomic E-state index is 9.63. The molecule has 2 atom stereocenters. The number of nitrogens with zero attached hydrogens (tertiary/aromatic N) is 1. The first-order valence-electron chi connectivity index (χ1n) is 3.68. The largest absolute Gasteiger partial charge is 0.389 e. The van der Waals surface area contributed by atoms with E-state index in [0.29, 0.717) is 15.4 Å². The SMILES string of the molecule is OC(CBr)C(O)c1ccncc1Br. The van der Waals surface area contributed by atoms with Crippen LogP contribution >= 0.6 is 31.9 Å². The van der Waals surface area contributed by atoms with Gasteiger partial charge in [0, 0.05) is 27.8 Å². The topological polar surface area (TPSA) is 53.4 Å². The second-order valence-corrected chi connectivity index (χ2v) is 4.07. The van der Waals surface area contributed by atoms with Gasteiger partial charge in [0.25, 0.3) is 0 Å². The minimum Gasteiger partial charge on any atom is -0.389 e. The van der Waals surface area contributed by atoms with Gasteiger partial charge in [-0.1, -0.05) is 15.9 Å². The second-order valence-electron chi connectivity index (χ2n) is 2.56. The van der Waals surface area contributed by atoms with E-state index in [1.54, 1.807) is 18.5 Å². The summed E-state index contributed by atoms with van der Waals surface area (Å²) in [5, 5.41) is 19.3. The van der Waals surface area contributed by atoms with Crippen LogP contribution in [-0.2, 0) is 0 Å². The fourth-order valence-electron chi connectivity index (χ4n) is 0.917. The third-order valence-electron chi connectivity index (χ3n) is 1.65. The van der Waals surface area contributed by atoms with Crippen LogP contribution < -0.4 is 0 Å². The van der Waals surface area contributed by atoms with Crippen LogP contribution in [0.1, 0.15) is 11.7 Å². The van der Waals surface area contributed by atoms with Gasteiger partial charge in [-0.2, -0.15) is 0 Å². The molecule has 2 unspecified atom stereocenters. The molecule has 0 spiro atoms. The molecule has 0 aliphatic carbocycles. The highest BCUT2D eigenvalue weighted by Gasteiger charge is 2.18. The Morgan fingerprint density at radius 3 is 2.69 bits per heavy atom. The van der Waals surface area contributed by atoms with Gasteiger partial charge >= 0.3 is 0 Å². The van der Waals surface area contributed by atoms with Crippen molar-refractivity contribution in [3.05, 3.63) is 28.5 Å². The van der Waals surface area contributed by atoms with Crippen molar-refractivity contribution in [3.8, 4) is 0 Å². The number of rotatable bonds is 3. The van der Waals surface area contributed by atoms with Gasteiger partial charge in [0.1, 0.15) is 6.10 Å². The van der Waals surface area contributed by atoms with Gasteiger partial charge in [-0.25, -0.2) is 0 Å². The van der Waals surface area contributed by atoms with E-state index in [1.807, 2.05) is 0 Å². The maximum absolute atomic E-state index is 9.63. The van der Waals surface area contributed by atoms with E-state index in [0.717, 1.165) is 0 Å². The van der Waals surface area contributed by atoms with Crippen molar-refractivity contribution in [1.29, 1.82) is 0 Å². The summed E-state index contributed by atoms with van der Waals surface area (Å²) < 4.78 is 0.697. The quantitative estimate of drug-likeness (QED) is 0.835. The van der Waals surface area contributed by atoms with Crippen molar-refractivity contribution in [2.75, 3.05) is 5.33 Å². The molecular weight excluding hydrogens is 302 g/mol. The molecule has 1 heterocycles. The summed E-state index contributed by atoms with van der Waals surface area (Å²) in [6, 6.07) is 1.67. The number of hydrogen-bond donors (Lipinski definition) is 2. The highest BCUT2D eigenvalue weighted by atomic mass is 79.9. The first kappa shape index (κ1) is 11.1. The van der Waals surface area contributed by atoms with E-state index >= 15 is 0 Å². The Bertz CT molecular complexity index is 283. The van der Waals surface area contributed by atoms with Gasteiger partial charge < -0.3 is 10.2 Å². The normalized spacial score (nSPS) is 15.4. The van der Waals surface area contributed by atoms with Crippen LogP contribution in [0.3, 0.4) is 0 Å². The summed E-state index contributed by atoms with van der Waals surface area (Å²) in [6.07, 6.45) is 1.46. The average molecular weight is 311 g/mol. The van der Waals surface area contributed by atoms with Gasteiger partial charge in [-0.05, 0) is 22.0 Å². The summed E-state index contributed by atoms with van der Waals surface area (Å²) >= 11 is 6.34. The summed E-state index contributed by atoms with van der Waals surface area (Å²) in [7, 11) is 0. The summed E-state index contributed by atoms with van der Waals surface area (Å²) in [6.45, 7) is 0. The molecule has 0 saturated carbocycles. The molecule has 1 aromatic rings. The van der Waals surface area contributed by atoms with Crippen molar-refractivity contribution in [1.82, 2.24) is 4.98 Å². The van der Waals surface area contributed by atoms with Gasteiger partial charge in [-0.3, -0.25) is 4.98 Å². The number of aliphatic hydroxyl groups is 2. The Morgan fingerprint density at radius 2 is 2.15 bits per heavy atom. The first-order valence-corrected chi connectivity index (χ1v) is 5.59. The Morgan fingerprint density at radius 1 is 1.46 bits per heavy atom. The number of halogens is 2. The van der Waals surface area contributed by atoms with E-state index in [2.05, 4.69) is 36.8 Å². The monoisotopic (exact) mass is 309 g/mol. The standard InChI is InChI=1S/C8H9Br2NO2/c9-3-7(12)8(13)5-1-2-11-4-6(5)10/h1-2,4,7-8,12-13H,3H2. The molecule has 0 amide bonds. The second kappa shape index (κ2) is 5.05. The minimum atomic E-state index is -0.892. The number of pyridine rings is 1. The molecular formula is C8H9Br2NO2. The summed E-state index contributed by atoms with van der Waals surface area (Å²) in [4.78, 5) is 3.86. The maximum Gasteiger partial charge on any atom is 0.107 e. The molecule has 1 aromatic heterocycles. The van der Waals surface area contributed by atoms with Crippen molar-refractivity contribution < 1.29 is 10.2 Å². The van der Waals surface area contributed by atoms with Gasteiger partial charge in [0.2, 0.25) is 0 Å². The molecule has 2 N–H and O–H groups in total. The van der Waals surface area contributed by atoms with Crippen molar-refractivity contribution >= 4 is 31.9 Å². The highest BCUT2D eigenvalue weighted by molar-refractivity contribution is 9.10. The molecule has 72 valence electrons. The fraction of sp³-hybridized carbons (Fsp3) is 0.375. The predicted molar refractivity (Wildman–Crippen MR) is 56.7 cm³/mol. The van der Waals surface area contributed by atoms with Crippen molar-refractivity contribution in [3.63, 3.8) is 0 Å². The number of aromatic nitrogens is 1. The van der Waals surface area contributed by atoms with E-state index in [4.69, 9.17) is 0 Å². The van der Waals surface area contributed by atoms with Crippen LogP contribution in [0.15, 0.2) is 22.9 Å². The van der Waals surface area contributed by atoms with Crippen LogP contribution in [0.2, 0.25) is 0 Å². The third kappa shape index (κ3) is 2.74.